The van der Waals surface area contributed by atoms with E-state index in [0.29, 0.717) is 42.0 Å². The van der Waals surface area contributed by atoms with Gasteiger partial charge < -0.3 is 15.0 Å². The van der Waals surface area contributed by atoms with Gasteiger partial charge in [-0.25, -0.2) is 18.9 Å². The third kappa shape index (κ3) is 4.12. The highest BCUT2D eigenvalue weighted by atomic mass is 35.5. The minimum Gasteiger partial charge on any atom is -0.477 e. The maximum absolute atomic E-state index is 15.3. The zero-order chi connectivity index (χ0) is 25.8. The summed E-state index contributed by atoms with van der Waals surface area (Å²) in [5.41, 5.74) is 1.79. The van der Waals surface area contributed by atoms with Crippen molar-refractivity contribution in [3.63, 3.8) is 0 Å². The number of nitrogens with one attached hydrogen (secondary N) is 1. The van der Waals surface area contributed by atoms with Gasteiger partial charge in [-0.3, -0.25) is 4.79 Å². The Hall–Kier alpha value is -3.54. The molecule has 1 fully saturated rings. The first-order valence-electron chi connectivity index (χ1n) is 11.3. The Morgan fingerprint density at radius 1 is 1.22 bits per heavy atom. The van der Waals surface area contributed by atoms with Crippen molar-refractivity contribution < 1.29 is 19.1 Å². The Kier molecular flexibility index (Phi) is 5.85. The van der Waals surface area contributed by atoms with E-state index < -0.39 is 11.8 Å². The monoisotopic (exact) mass is 558 g/mol. The van der Waals surface area contributed by atoms with Crippen LogP contribution in [-0.2, 0) is 4.79 Å². The number of imidazole rings is 1. The lowest BCUT2D eigenvalue weighted by Gasteiger charge is -2.33. The van der Waals surface area contributed by atoms with E-state index in [9.17, 15) is 14.7 Å². The molecule has 188 valence electrons. The van der Waals surface area contributed by atoms with Gasteiger partial charge in [0.25, 0.3) is 0 Å². The van der Waals surface area contributed by atoms with Gasteiger partial charge in [-0.1, -0.05) is 28.4 Å². The number of H-pyrrole nitrogens is 1. The molecule has 2 N–H and O–H groups in total. The maximum Gasteiger partial charge on any atom is 0.345 e. The minimum absolute atomic E-state index is 0.0622. The number of rotatable bonds is 5. The molecule has 9 nitrogen and oxygen atoms in total. The molecule has 1 amide bonds. The molecule has 37 heavy (non-hydrogen) atoms. The standard InChI is InChI=1S/C24H17Cl2FN6O3S/c25-13-2-4-15(32-10-19(26)30-31-32)21(22(13)27)11-7-12-1-3-16(33(12)20(34)8-11)23-28-9-14(29-23)17-5-6-18(37-17)24(35)36/h2,4-6,8-10,12,16H,1,3,7H2,(H,28,29)(H,35,36)/t12?,16-/m0/s1. The summed E-state index contributed by atoms with van der Waals surface area (Å²) in [7, 11) is 0. The van der Waals surface area contributed by atoms with Gasteiger partial charge in [-0.05, 0) is 49.1 Å². The molecule has 0 bridgehead atoms. The van der Waals surface area contributed by atoms with Crippen LogP contribution >= 0.6 is 34.5 Å². The molecule has 3 aromatic heterocycles. The van der Waals surface area contributed by atoms with Crippen molar-refractivity contribution in [1.82, 2.24) is 29.9 Å². The SMILES string of the molecule is O=C(O)c1ccc(-c2cnc([C@@H]3CCC4CC(c5c(-n6cc(Cl)nn6)ccc(Cl)c5F)=CC(=O)N43)[nH]2)s1. The second-order valence-corrected chi connectivity index (χ2v) is 10.6. The summed E-state index contributed by atoms with van der Waals surface area (Å²) in [4.78, 5) is 35.1. The van der Waals surface area contributed by atoms with Gasteiger partial charge in [-0.15, -0.1) is 16.4 Å². The van der Waals surface area contributed by atoms with Gasteiger partial charge in [0.1, 0.15) is 10.7 Å². The van der Waals surface area contributed by atoms with Crippen LogP contribution in [0.15, 0.2) is 42.7 Å². The molecular weight excluding hydrogens is 542 g/mol. The topological polar surface area (TPSA) is 117 Å². The van der Waals surface area contributed by atoms with E-state index >= 15 is 4.39 Å². The van der Waals surface area contributed by atoms with E-state index in [4.69, 9.17) is 23.2 Å². The lowest BCUT2D eigenvalue weighted by atomic mass is 9.92. The molecule has 5 heterocycles. The Labute approximate surface area is 223 Å². The Balaban J connectivity index is 1.32. The first-order valence-corrected chi connectivity index (χ1v) is 12.8. The summed E-state index contributed by atoms with van der Waals surface area (Å²) in [6.07, 6.45) is 6.35. The van der Waals surface area contributed by atoms with Crippen molar-refractivity contribution >= 4 is 52.0 Å². The van der Waals surface area contributed by atoms with Gasteiger partial charge in [0.05, 0.1) is 39.7 Å². The quantitative estimate of drug-likeness (QED) is 0.339. The molecule has 0 aliphatic carbocycles. The van der Waals surface area contributed by atoms with E-state index in [0.717, 1.165) is 16.2 Å². The molecule has 4 aromatic rings. The number of hydrogen-bond acceptors (Lipinski definition) is 6. The van der Waals surface area contributed by atoms with Gasteiger partial charge in [-0.2, -0.15) is 0 Å². The number of carbonyl (C=O) groups is 2. The fraction of sp³-hybridized carbons (Fsp3) is 0.208. The lowest BCUT2D eigenvalue weighted by Crippen LogP contribution is -2.39. The molecule has 0 radical (unpaired) electrons. The molecule has 6 rings (SSSR count). The largest absolute Gasteiger partial charge is 0.477 e. The number of aromatic nitrogens is 5. The number of amides is 1. The fourth-order valence-corrected chi connectivity index (χ4v) is 6.12. The van der Waals surface area contributed by atoms with Crippen LogP contribution in [0.25, 0.3) is 21.8 Å². The average molecular weight is 559 g/mol. The van der Waals surface area contributed by atoms with Crippen molar-refractivity contribution in [3.8, 4) is 16.3 Å². The Morgan fingerprint density at radius 3 is 2.78 bits per heavy atom. The first kappa shape index (κ1) is 23.8. The number of benzene rings is 1. The Morgan fingerprint density at radius 2 is 2.05 bits per heavy atom. The molecule has 1 saturated heterocycles. The van der Waals surface area contributed by atoms with Crippen molar-refractivity contribution in [2.45, 2.75) is 31.3 Å². The predicted octanol–water partition coefficient (Wildman–Crippen LogP) is 5.38. The predicted molar refractivity (Wildman–Crippen MR) is 135 cm³/mol. The zero-order valence-electron chi connectivity index (χ0n) is 18.9. The molecule has 2 aliphatic heterocycles. The van der Waals surface area contributed by atoms with Crippen LogP contribution < -0.4 is 0 Å². The van der Waals surface area contributed by atoms with Gasteiger partial charge in [0.2, 0.25) is 5.91 Å². The third-order valence-electron chi connectivity index (χ3n) is 6.61. The van der Waals surface area contributed by atoms with Crippen LogP contribution in [0.2, 0.25) is 10.2 Å². The van der Waals surface area contributed by atoms with Gasteiger partial charge in [0, 0.05) is 17.7 Å². The van der Waals surface area contributed by atoms with Gasteiger partial charge >= 0.3 is 5.97 Å². The number of fused-ring (bicyclic) bond motifs is 1. The van der Waals surface area contributed by atoms with Crippen molar-refractivity contribution in [1.29, 1.82) is 0 Å². The molecular formula is C24H17Cl2FN6O3S. The smallest absolute Gasteiger partial charge is 0.345 e. The van der Waals surface area contributed by atoms with E-state index in [1.807, 2.05) is 0 Å². The number of aromatic amines is 1. The maximum atomic E-state index is 15.3. The van der Waals surface area contributed by atoms with Crippen LogP contribution in [-0.4, -0.2) is 52.9 Å². The Bertz CT molecular complexity index is 1590. The number of nitrogens with zero attached hydrogens (tertiary/aromatic N) is 5. The van der Waals surface area contributed by atoms with Crippen LogP contribution in [0.3, 0.4) is 0 Å². The van der Waals surface area contributed by atoms with Gasteiger partial charge in [0.15, 0.2) is 11.0 Å². The summed E-state index contributed by atoms with van der Waals surface area (Å²) >= 11 is 13.2. The highest BCUT2D eigenvalue weighted by molar-refractivity contribution is 7.17. The second-order valence-electron chi connectivity index (χ2n) is 8.76. The van der Waals surface area contributed by atoms with E-state index in [2.05, 4.69) is 20.3 Å². The summed E-state index contributed by atoms with van der Waals surface area (Å²) < 4.78 is 16.7. The minimum atomic E-state index is -0.984. The third-order valence-corrected chi connectivity index (χ3v) is 8.18. The van der Waals surface area contributed by atoms with Crippen molar-refractivity contribution in [2.24, 2.45) is 0 Å². The fourth-order valence-electron chi connectivity index (χ4n) is 5.02. The van der Waals surface area contributed by atoms with Crippen LogP contribution in [0.4, 0.5) is 4.39 Å². The number of hydrogen-bond donors (Lipinski definition) is 2. The molecule has 2 atom stereocenters. The summed E-state index contributed by atoms with van der Waals surface area (Å²) in [5.74, 6) is -1.25. The summed E-state index contributed by atoms with van der Waals surface area (Å²) in [5, 5.41) is 17.0. The van der Waals surface area contributed by atoms with Crippen LogP contribution in [0, 0.1) is 5.82 Å². The molecule has 0 saturated carbocycles. The first-order chi connectivity index (χ1) is 17.8. The van der Waals surface area contributed by atoms with Crippen LogP contribution in [0.5, 0.6) is 0 Å². The van der Waals surface area contributed by atoms with E-state index in [1.165, 1.54) is 23.0 Å². The number of carboxylic acid groups (broad SMARTS) is 1. The lowest BCUT2D eigenvalue weighted by molar-refractivity contribution is -0.129. The molecule has 13 heteroatoms. The number of carbonyl (C=O) groups excluding carboxylic acids is 1. The molecule has 1 unspecified atom stereocenters. The number of aromatic carboxylic acids is 1. The van der Waals surface area contributed by atoms with Crippen molar-refractivity contribution in [3.05, 3.63) is 75.0 Å². The number of halogens is 3. The summed E-state index contributed by atoms with van der Waals surface area (Å²) in [6.45, 7) is 0. The molecule has 2 aliphatic rings. The molecule has 1 aromatic carbocycles. The average Bonchev–Trinajstić information content (AvgIpc) is 3.66. The normalized spacial score (nSPS) is 19.3. The molecule has 0 spiro atoms. The van der Waals surface area contributed by atoms with Crippen molar-refractivity contribution in [2.75, 3.05) is 0 Å². The van der Waals surface area contributed by atoms with E-state index in [-0.39, 0.29) is 38.6 Å². The second kappa shape index (κ2) is 9.09. The number of carboxylic acids is 1. The van der Waals surface area contributed by atoms with Crippen LogP contribution in [0.1, 0.15) is 46.4 Å². The highest BCUT2D eigenvalue weighted by Gasteiger charge is 2.42. The summed E-state index contributed by atoms with van der Waals surface area (Å²) in [6, 6.07) is 5.88. The number of thiophene rings is 1. The zero-order valence-corrected chi connectivity index (χ0v) is 21.2. The highest BCUT2D eigenvalue weighted by Crippen LogP contribution is 2.44. The van der Waals surface area contributed by atoms with E-state index in [1.54, 1.807) is 29.3 Å².